The molecule has 0 radical (unpaired) electrons. The van der Waals surface area contributed by atoms with Gasteiger partial charge in [0.05, 0.1) is 39.9 Å². The van der Waals surface area contributed by atoms with Crippen molar-refractivity contribution in [1.29, 1.82) is 0 Å². The number of hydrogen-bond donors (Lipinski definition) is 3. The molecular weight excluding hydrogens is 864 g/mol. The number of aliphatic hydroxyl groups is 1. The molecule has 0 saturated carbocycles. The van der Waals surface area contributed by atoms with Crippen molar-refractivity contribution in [3.63, 3.8) is 0 Å². The van der Waals surface area contributed by atoms with E-state index >= 15 is 0 Å². The zero-order valence-corrected chi connectivity index (χ0v) is 47.5. The molecule has 0 bridgehead atoms. The van der Waals surface area contributed by atoms with Crippen molar-refractivity contribution < 1.29 is 32.9 Å². The zero-order chi connectivity index (χ0) is 49.9. The number of nitrogens with one attached hydrogen (secondary N) is 1. The number of phosphoric acid groups is 1. The Morgan fingerprint density at radius 1 is 0.441 bits per heavy atom. The van der Waals surface area contributed by atoms with Crippen LogP contribution in [0.1, 0.15) is 322 Å². The Hall–Kier alpha value is -0.500. The maximum atomic E-state index is 13.0. The lowest BCUT2D eigenvalue weighted by Crippen LogP contribution is -2.46. The Kier molecular flexibility index (Phi) is 51.0. The van der Waals surface area contributed by atoms with E-state index in [1.807, 2.05) is 21.1 Å². The lowest BCUT2D eigenvalue weighted by molar-refractivity contribution is -0.870. The molecule has 68 heavy (non-hydrogen) atoms. The van der Waals surface area contributed by atoms with Crippen LogP contribution in [0.4, 0.5) is 0 Å². The Labute approximate surface area is 425 Å². The van der Waals surface area contributed by atoms with E-state index in [9.17, 15) is 19.4 Å². The van der Waals surface area contributed by atoms with Crippen molar-refractivity contribution in [1.82, 2.24) is 5.32 Å². The van der Waals surface area contributed by atoms with Crippen LogP contribution in [0.5, 0.6) is 0 Å². The van der Waals surface area contributed by atoms with Crippen molar-refractivity contribution >= 4 is 13.7 Å². The summed E-state index contributed by atoms with van der Waals surface area (Å²) in [5.41, 5.74) is 0. The number of phosphoric ester groups is 1. The molecule has 0 aromatic heterocycles. The van der Waals surface area contributed by atoms with E-state index in [0.29, 0.717) is 23.9 Å². The average molecular weight is 987 g/mol. The topological polar surface area (TPSA) is 105 Å². The summed E-state index contributed by atoms with van der Waals surface area (Å²) in [6.45, 7) is 4.95. The van der Waals surface area contributed by atoms with Gasteiger partial charge in [-0.05, 0) is 12.8 Å². The predicted molar refractivity (Wildman–Crippen MR) is 296 cm³/mol. The summed E-state index contributed by atoms with van der Waals surface area (Å²) >= 11 is 0. The molecule has 0 heterocycles. The number of rotatable bonds is 57. The first-order chi connectivity index (χ1) is 33.0. The third-order valence-electron chi connectivity index (χ3n) is 14.4. The SMILES string of the molecule is CCCCCCCCCCCCCCCCCCCCCCCCCCC(O)C(COP(=O)(O)OCC[N+](C)(C)C)NC(=O)CCCCCCCCCCCCCCCCCCCCCCCC. The van der Waals surface area contributed by atoms with Crippen molar-refractivity contribution in [3.05, 3.63) is 0 Å². The van der Waals surface area contributed by atoms with Crippen LogP contribution in [0.2, 0.25) is 0 Å². The van der Waals surface area contributed by atoms with Gasteiger partial charge in [0.15, 0.2) is 0 Å². The largest absolute Gasteiger partial charge is 0.472 e. The summed E-state index contributed by atoms with van der Waals surface area (Å²) in [5.74, 6) is -0.135. The third-order valence-corrected chi connectivity index (χ3v) is 15.3. The minimum atomic E-state index is -4.32. The van der Waals surface area contributed by atoms with Crippen molar-refractivity contribution in [2.45, 2.75) is 334 Å². The molecule has 0 saturated heterocycles. The first-order valence-corrected chi connectivity index (χ1v) is 31.9. The normalized spacial score (nSPS) is 13.8. The quantitative estimate of drug-likeness (QED) is 0.0319. The van der Waals surface area contributed by atoms with Gasteiger partial charge in [0.2, 0.25) is 5.91 Å². The highest BCUT2D eigenvalue weighted by Crippen LogP contribution is 2.43. The van der Waals surface area contributed by atoms with Crippen molar-refractivity contribution in [2.75, 3.05) is 40.9 Å². The molecular formula is C59H122N2O6P+. The number of carbonyl (C=O) groups is 1. The maximum Gasteiger partial charge on any atom is 0.472 e. The summed E-state index contributed by atoms with van der Waals surface area (Å²) in [4.78, 5) is 23.4. The Morgan fingerprint density at radius 3 is 0.985 bits per heavy atom. The van der Waals surface area contributed by atoms with Crippen LogP contribution < -0.4 is 5.32 Å². The van der Waals surface area contributed by atoms with Gasteiger partial charge in [-0.2, -0.15) is 0 Å². The molecule has 3 atom stereocenters. The Balaban J connectivity index is 4.09. The Bertz CT molecular complexity index is 1070. The van der Waals surface area contributed by atoms with E-state index in [2.05, 4.69) is 19.2 Å². The second-order valence-corrected chi connectivity index (χ2v) is 23.9. The van der Waals surface area contributed by atoms with E-state index in [-0.39, 0.29) is 19.1 Å². The minimum Gasteiger partial charge on any atom is -0.391 e. The predicted octanol–water partition coefficient (Wildman–Crippen LogP) is 18.4. The van der Waals surface area contributed by atoms with Gasteiger partial charge in [0.1, 0.15) is 13.2 Å². The van der Waals surface area contributed by atoms with Gasteiger partial charge in [0, 0.05) is 6.42 Å². The summed E-state index contributed by atoms with van der Waals surface area (Å²) in [6.07, 6.45) is 61.6. The molecule has 0 spiro atoms. The lowest BCUT2D eigenvalue weighted by atomic mass is 10.0. The van der Waals surface area contributed by atoms with Gasteiger partial charge in [-0.1, -0.05) is 303 Å². The van der Waals surface area contributed by atoms with Crippen LogP contribution in [-0.4, -0.2) is 73.4 Å². The summed E-state index contributed by atoms with van der Waals surface area (Å²) in [7, 11) is 1.64. The number of amides is 1. The molecule has 0 aromatic carbocycles. The fourth-order valence-electron chi connectivity index (χ4n) is 9.58. The fraction of sp³-hybridized carbons (Fsp3) is 0.983. The number of aliphatic hydroxyl groups excluding tert-OH is 1. The van der Waals surface area contributed by atoms with E-state index in [1.54, 1.807) is 0 Å². The fourth-order valence-corrected chi connectivity index (χ4v) is 10.3. The highest BCUT2D eigenvalue weighted by molar-refractivity contribution is 7.47. The van der Waals surface area contributed by atoms with Crippen molar-refractivity contribution in [2.24, 2.45) is 0 Å². The smallest absolute Gasteiger partial charge is 0.391 e. The van der Waals surface area contributed by atoms with Crippen LogP contribution in [0, 0.1) is 0 Å². The number of nitrogens with zero attached hydrogens (tertiary/aromatic N) is 1. The maximum absolute atomic E-state index is 13.0. The molecule has 9 heteroatoms. The lowest BCUT2D eigenvalue weighted by Gasteiger charge is -2.26. The molecule has 0 aromatic rings. The highest BCUT2D eigenvalue weighted by atomic mass is 31.2. The summed E-state index contributed by atoms with van der Waals surface area (Å²) < 4.78 is 23.8. The minimum absolute atomic E-state index is 0.0793. The molecule has 3 N–H and O–H groups in total. The molecule has 0 aliphatic heterocycles. The molecule has 0 aliphatic rings. The first kappa shape index (κ1) is 67.5. The summed E-state index contributed by atoms with van der Waals surface area (Å²) in [6, 6.07) is -0.755. The highest BCUT2D eigenvalue weighted by Gasteiger charge is 2.28. The van der Waals surface area contributed by atoms with E-state index in [0.717, 1.165) is 38.5 Å². The molecule has 0 aliphatic carbocycles. The number of unbranched alkanes of at least 4 members (excludes halogenated alkanes) is 44. The van der Waals surface area contributed by atoms with Gasteiger partial charge in [-0.25, -0.2) is 4.57 Å². The standard InChI is InChI=1S/C59H121N2O6P/c1-6-8-10-12-14-16-18-20-22-24-26-28-30-31-32-34-36-38-40-42-44-46-48-50-52-58(62)57(56-67-68(64,65)66-55-54-61(3,4)5)60-59(63)53-51-49-47-45-43-41-39-37-35-33-29-27-25-23-21-19-17-15-13-11-9-7-2/h57-58,62H,6-56H2,1-5H3,(H-,60,63,64,65)/p+1. The van der Waals surface area contributed by atoms with E-state index in [4.69, 9.17) is 9.05 Å². The average Bonchev–Trinajstić information content (AvgIpc) is 3.30. The molecule has 1 amide bonds. The van der Waals surface area contributed by atoms with Crippen LogP contribution >= 0.6 is 7.82 Å². The van der Waals surface area contributed by atoms with E-state index < -0.39 is 20.0 Å². The number of carbonyl (C=O) groups excluding carboxylic acids is 1. The first-order valence-electron chi connectivity index (χ1n) is 30.4. The van der Waals surface area contributed by atoms with Crippen LogP contribution in [0.25, 0.3) is 0 Å². The third kappa shape index (κ3) is 53.3. The molecule has 0 rings (SSSR count). The van der Waals surface area contributed by atoms with Crippen LogP contribution in [0.15, 0.2) is 0 Å². The summed E-state index contributed by atoms with van der Waals surface area (Å²) in [5, 5.41) is 14.1. The molecule has 3 unspecified atom stereocenters. The number of hydrogen-bond acceptors (Lipinski definition) is 5. The second-order valence-electron chi connectivity index (χ2n) is 22.4. The zero-order valence-electron chi connectivity index (χ0n) is 46.6. The van der Waals surface area contributed by atoms with Gasteiger partial charge in [0.25, 0.3) is 0 Å². The number of likely N-dealkylation sites (N-methyl/N-ethyl adjacent to an activating group) is 1. The van der Waals surface area contributed by atoms with Gasteiger partial charge in [-0.15, -0.1) is 0 Å². The van der Waals surface area contributed by atoms with E-state index in [1.165, 1.54) is 257 Å². The number of quaternary nitrogens is 1. The van der Waals surface area contributed by atoms with Gasteiger partial charge in [-0.3, -0.25) is 13.8 Å². The molecule has 8 nitrogen and oxygen atoms in total. The van der Waals surface area contributed by atoms with Crippen LogP contribution in [0.3, 0.4) is 0 Å². The monoisotopic (exact) mass is 986 g/mol. The van der Waals surface area contributed by atoms with Gasteiger partial charge >= 0.3 is 7.82 Å². The van der Waals surface area contributed by atoms with Gasteiger partial charge < -0.3 is 19.8 Å². The van der Waals surface area contributed by atoms with Crippen molar-refractivity contribution in [3.8, 4) is 0 Å². The second kappa shape index (κ2) is 51.4. The Morgan fingerprint density at radius 2 is 0.706 bits per heavy atom. The molecule has 408 valence electrons. The molecule has 0 fully saturated rings. The van der Waals surface area contributed by atoms with Crippen LogP contribution in [-0.2, 0) is 18.4 Å².